The minimum atomic E-state index is -0.636. The highest BCUT2D eigenvalue weighted by molar-refractivity contribution is 6.33. The van der Waals surface area contributed by atoms with Gasteiger partial charge in [0.15, 0.2) is 0 Å². The van der Waals surface area contributed by atoms with E-state index in [2.05, 4.69) is 57.8 Å². The van der Waals surface area contributed by atoms with Crippen LogP contribution in [0.5, 0.6) is 5.88 Å². The monoisotopic (exact) mass is 517 g/mol. The fraction of sp³-hybridized carbons (Fsp3) is 0.241. The van der Waals surface area contributed by atoms with Crippen molar-refractivity contribution >= 4 is 29.1 Å². The Morgan fingerprint density at radius 3 is 2.35 bits per heavy atom. The van der Waals surface area contributed by atoms with E-state index in [-0.39, 0.29) is 0 Å². The van der Waals surface area contributed by atoms with E-state index in [9.17, 15) is 4.79 Å². The van der Waals surface area contributed by atoms with Crippen LogP contribution in [0.15, 0.2) is 84.9 Å². The highest BCUT2D eigenvalue weighted by Crippen LogP contribution is 2.34. The van der Waals surface area contributed by atoms with Crippen molar-refractivity contribution in [2.24, 2.45) is 5.73 Å². The maximum Gasteiger partial charge on any atom is 0.317 e. The highest BCUT2D eigenvalue weighted by Gasteiger charge is 2.24. The van der Waals surface area contributed by atoms with Crippen molar-refractivity contribution in [2.45, 2.75) is 26.2 Å². The Bertz CT molecular complexity index is 1310. The number of urea groups is 1. The number of nitrogens with zero attached hydrogens (tertiary/aromatic N) is 3. The van der Waals surface area contributed by atoms with Crippen molar-refractivity contribution in [1.29, 1.82) is 0 Å². The predicted octanol–water partition coefficient (Wildman–Crippen LogP) is 6.40. The van der Waals surface area contributed by atoms with Crippen LogP contribution in [0.3, 0.4) is 0 Å². The second kappa shape index (κ2) is 12.3. The van der Waals surface area contributed by atoms with Crippen molar-refractivity contribution in [1.82, 2.24) is 9.78 Å². The zero-order valence-corrected chi connectivity index (χ0v) is 21.9. The highest BCUT2D eigenvalue weighted by atomic mass is 35.5. The van der Waals surface area contributed by atoms with E-state index >= 15 is 0 Å². The zero-order valence-electron chi connectivity index (χ0n) is 21.1. The van der Waals surface area contributed by atoms with Crippen LogP contribution in [0.4, 0.5) is 16.3 Å². The van der Waals surface area contributed by atoms with Crippen molar-refractivity contribution in [3.8, 4) is 11.6 Å². The number of nitrogens with one attached hydrogen (secondary N) is 1. The summed E-state index contributed by atoms with van der Waals surface area (Å²) in [6, 6.07) is 27.7. The number of hydrogen-bond donors (Lipinski definition) is 2. The summed E-state index contributed by atoms with van der Waals surface area (Å²) in [4.78, 5) is 13.5. The van der Waals surface area contributed by atoms with Gasteiger partial charge >= 0.3 is 6.03 Å². The van der Waals surface area contributed by atoms with Crippen LogP contribution in [0, 0.1) is 6.92 Å². The summed E-state index contributed by atoms with van der Waals surface area (Å²) >= 11 is 6.26. The van der Waals surface area contributed by atoms with Gasteiger partial charge in [0, 0.05) is 19.0 Å². The third-order valence-corrected chi connectivity index (χ3v) is 6.57. The predicted molar refractivity (Wildman–Crippen MR) is 150 cm³/mol. The van der Waals surface area contributed by atoms with Crippen LogP contribution in [-0.4, -0.2) is 35.5 Å². The zero-order chi connectivity index (χ0) is 26.2. The maximum absolute atomic E-state index is 11.1. The molecule has 192 valence electrons. The summed E-state index contributed by atoms with van der Waals surface area (Å²) in [5.74, 6) is 1.62. The largest absolute Gasteiger partial charge is 0.477 e. The van der Waals surface area contributed by atoms with E-state index in [0.29, 0.717) is 24.2 Å². The third kappa shape index (κ3) is 6.43. The van der Waals surface area contributed by atoms with E-state index < -0.39 is 6.03 Å². The molecule has 1 aliphatic heterocycles. The Labute approximate surface area is 222 Å². The molecule has 5 rings (SSSR count). The number of amides is 2. The lowest BCUT2D eigenvalue weighted by atomic mass is 9.99. The molecule has 3 N–H and O–H groups in total. The summed E-state index contributed by atoms with van der Waals surface area (Å²) in [6.45, 7) is 6.35. The molecule has 0 bridgehead atoms. The van der Waals surface area contributed by atoms with E-state index in [1.165, 1.54) is 12.0 Å². The molecule has 3 aromatic carbocycles. The standard InChI is InChI=1S/C16H16ClN.C13H16N4O2/c17-15-8-4-5-9-16(15)18-11-10-14(12-18)13-6-2-1-3-7-13;1-3-19-12-9(2)11(15-13(14)18)17(16-12)10-7-5-4-6-8-10/h1-9,14H,10-12H2;4-8H,3H2,1-2H3,(H3,14,15,18). The first kappa shape index (κ1) is 26.1. The first-order valence-corrected chi connectivity index (χ1v) is 12.7. The Hall–Kier alpha value is -3.97. The van der Waals surface area contributed by atoms with Gasteiger partial charge in [-0.25, -0.2) is 9.48 Å². The van der Waals surface area contributed by atoms with Gasteiger partial charge in [0.25, 0.3) is 0 Å². The summed E-state index contributed by atoms with van der Waals surface area (Å²) in [5, 5.41) is 7.78. The molecule has 37 heavy (non-hydrogen) atoms. The van der Waals surface area contributed by atoms with Crippen molar-refractivity contribution in [3.63, 3.8) is 0 Å². The maximum atomic E-state index is 11.1. The summed E-state index contributed by atoms with van der Waals surface area (Å²) in [7, 11) is 0. The number of nitrogens with two attached hydrogens (primary N) is 1. The molecule has 0 aliphatic carbocycles. The molecule has 1 saturated heterocycles. The van der Waals surface area contributed by atoms with Gasteiger partial charge in [-0.2, -0.15) is 0 Å². The number of ether oxygens (including phenoxy) is 1. The first-order valence-electron chi connectivity index (χ1n) is 12.4. The van der Waals surface area contributed by atoms with Crippen molar-refractivity contribution in [2.75, 3.05) is 29.9 Å². The number of rotatable bonds is 6. The molecule has 1 atom stereocenters. The molecule has 1 unspecified atom stereocenters. The Morgan fingerprint density at radius 1 is 1.05 bits per heavy atom. The van der Waals surface area contributed by atoms with Gasteiger partial charge in [0.1, 0.15) is 5.82 Å². The molecule has 0 radical (unpaired) electrons. The van der Waals surface area contributed by atoms with Crippen molar-refractivity contribution < 1.29 is 9.53 Å². The average Bonchev–Trinajstić information content (AvgIpc) is 3.52. The van der Waals surface area contributed by atoms with Crippen LogP contribution < -0.4 is 20.7 Å². The number of primary amides is 1. The van der Waals surface area contributed by atoms with Crippen LogP contribution >= 0.6 is 11.6 Å². The molecule has 8 heteroatoms. The molecule has 2 heterocycles. The summed E-state index contributed by atoms with van der Waals surface area (Å²) in [6.07, 6.45) is 1.20. The topological polar surface area (TPSA) is 85.4 Å². The number of aromatic nitrogens is 2. The third-order valence-electron chi connectivity index (χ3n) is 6.25. The number of halogens is 1. The molecule has 0 spiro atoms. The lowest BCUT2D eigenvalue weighted by Gasteiger charge is -2.20. The molecule has 2 amide bonds. The lowest BCUT2D eigenvalue weighted by molar-refractivity contribution is 0.259. The Balaban J connectivity index is 0.000000173. The molecule has 1 aromatic heterocycles. The second-order valence-electron chi connectivity index (χ2n) is 8.74. The molecular weight excluding hydrogens is 486 g/mol. The van der Waals surface area contributed by atoms with E-state index in [0.717, 1.165) is 35.1 Å². The molecular formula is C29H32ClN5O2. The number of para-hydroxylation sites is 2. The van der Waals surface area contributed by atoms with Gasteiger partial charge in [-0.3, -0.25) is 5.32 Å². The van der Waals surface area contributed by atoms with E-state index in [4.69, 9.17) is 22.1 Å². The fourth-order valence-electron chi connectivity index (χ4n) is 4.45. The average molecular weight is 518 g/mol. The van der Waals surface area contributed by atoms with Crippen molar-refractivity contribution in [3.05, 3.63) is 101 Å². The SMILES string of the molecule is CCOc1nn(-c2ccccc2)c(NC(N)=O)c1C.Clc1ccccc1N1CCC(c2ccccc2)C1. The molecule has 4 aromatic rings. The number of carbonyl (C=O) groups is 1. The van der Waals surface area contributed by atoms with Gasteiger partial charge in [-0.05, 0) is 50.1 Å². The number of hydrogen-bond acceptors (Lipinski definition) is 4. The van der Waals surface area contributed by atoms with Gasteiger partial charge in [0.05, 0.1) is 28.6 Å². The quantitative estimate of drug-likeness (QED) is 0.309. The van der Waals surface area contributed by atoms with Gasteiger partial charge < -0.3 is 15.4 Å². The smallest absolute Gasteiger partial charge is 0.317 e. The van der Waals surface area contributed by atoms with Gasteiger partial charge in [-0.15, -0.1) is 5.10 Å². The number of benzene rings is 3. The van der Waals surface area contributed by atoms with E-state index in [1.807, 2.05) is 56.3 Å². The summed E-state index contributed by atoms with van der Waals surface area (Å²) in [5.41, 5.74) is 9.35. The van der Waals surface area contributed by atoms with Gasteiger partial charge in [-0.1, -0.05) is 72.3 Å². The van der Waals surface area contributed by atoms with Crippen LogP contribution in [0.1, 0.15) is 30.4 Å². The lowest BCUT2D eigenvalue weighted by Crippen LogP contribution is -2.21. The minimum Gasteiger partial charge on any atom is -0.477 e. The van der Waals surface area contributed by atoms with Crippen LogP contribution in [0.2, 0.25) is 5.02 Å². The number of anilines is 2. The van der Waals surface area contributed by atoms with Gasteiger partial charge in [0.2, 0.25) is 5.88 Å². The Kier molecular flexibility index (Phi) is 8.69. The normalized spacial score (nSPS) is 14.6. The number of carbonyl (C=O) groups excluding carboxylic acids is 1. The molecule has 7 nitrogen and oxygen atoms in total. The Morgan fingerprint density at radius 2 is 1.70 bits per heavy atom. The second-order valence-corrected chi connectivity index (χ2v) is 9.15. The molecule has 1 fully saturated rings. The summed E-state index contributed by atoms with van der Waals surface area (Å²) < 4.78 is 7.04. The van der Waals surface area contributed by atoms with Crippen LogP contribution in [-0.2, 0) is 0 Å². The minimum absolute atomic E-state index is 0.482. The first-order chi connectivity index (χ1) is 18.0. The van der Waals surface area contributed by atoms with E-state index in [1.54, 1.807) is 4.68 Å². The molecule has 0 saturated carbocycles. The molecule has 1 aliphatic rings. The fourth-order valence-corrected chi connectivity index (χ4v) is 4.71. The van der Waals surface area contributed by atoms with Crippen LogP contribution in [0.25, 0.3) is 5.69 Å².